The maximum Gasteiger partial charge on any atom is 0.241 e. The Balaban J connectivity index is 1.81. The first-order valence-electron chi connectivity index (χ1n) is 5.94. The second kappa shape index (κ2) is 5.25. The Kier molecular flexibility index (Phi) is 3.30. The number of likely N-dealkylation sites (N-methyl/N-ethyl adjacent to an activating group) is 1. The van der Waals surface area contributed by atoms with Crippen LogP contribution in [0.5, 0.6) is 0 Å². The largest absolute Gasteiger partial charge is 0.358 e. The number of rotatable bonds is 4. The van der Waals surface area contributed by atoms with Crippen molar-refractivity contribution in [3.05, 3.63) is 30.2 Å². The molecule has 20 heavy (non-hydrogen) atoms. The molecule has 1 amide bonds. The third-order valence-corrected chi connectivity index (χ3v) is 3.56. The fraction of sp³-hybridized carbons (Fsp3) is 0.167. The lowest BCUT2D eigenvalue weighted by molar-refractivity contribution is -0.121. The van der Waals surface area contributed by atoms with Crippen molar-refractivity contribution in [3.63, 3.8) is 0 Å². The molecule has 3 aromatic rings. The number of nitrogens with zero attached hydrogens (tertiary/aromatic N) is 4. The molecule has 0 bridgehead atoms. The minimum absolute atomic E-state index is 0.0955. The van der Waals surface area contributed by atoms with Gasteiger partial charge in [0, 0.05) is 13.2 Å². The molecule has 0 aliphatic carbocycles. The van der Waals surface area contributed by atoms with Crippen LogP contribution in [0.2, 0.25) is 0 Å². The number of carbonyl (C=O) groups is 1. The van der Waals surface area contributed by atoms with E-state index in [-0.39, 0.29) is 12.5 Å². The van der Waals surface area contributed by atoms with Gasteiger partial charge in [0.1, 0.15) is 23.5 Å². The van der Waals surface area contributed by atoms with Crippen LogP contribution < -0.4 is 10.6 Å². The average molecular weight is 288 g/mol. The first kappa shape index (κ1) is 12.5. The molecule has 0 saturated carbocycles. The quantitative estimate of drug-likeness (QED) is 0.757. The standard InChI is InChI=1S/C12H12N6OS/c1-13-10(19)6-18-5-8(4-16-18)17-11-9-2-3-20-12(9)15-7-14-11/h2-5,7H,6H2,1H3,(H,13,19)(H,14,15,17). The van der Waals surface area contributed by atoms with Gasteiger partial charge in [0.25, 0.3) is 0 Å². The van der Waals surface area contributed by atoms with Crippen LogP contribution in [-0.4, -0.2) is 32.7 Å². The number of hydrogen-bond donors (Lipinski definition) is 2. The molecule has 8 heteroatoms. The lowest BCUT2D eigenvalue weighted by Crippen LogP contribution is -2.23. The Morgan fingerprint density at radius 2 is 2.35 bits per heavy atom. The van der Waals surface area contributed by atoms with Crippen LogP contribution in [0, 0.1) is 0 Å². The minimum Gasteiger partial charge on any atom is -0.358 e. The molecule has 7 nitrogen and oxygen atoms in total. The van der Waals surface area contributed by atoms with E-state index in [1.807, 2.05) is 11.4 Å². The van der Waals surface area contributed by atoms with E-state index >= 15 is 0 Å². The van der Waals surface area contributed by atoms with Crippen molar-refractivity contribution in [1.82, 2.24) is 25.1 Å². The van der Waals surface area contributed by atoms with Gasteiger partial charge in [0.05, 0.1) is 17.3 Å². The highest BCUT2D eigenvalue weighted by molar-refractivity contribution is 7.16. The summed E-state index contributed by atoms with van der Waals surface area (Å²) in [5.41, 5.74) is 0.778. The average Bonchev–Trinajstić information content (AvgIpc) is 3.08. The van der Waals surface area contributed by atoms with Gasteiger partial charge in [0.2, 0.25) is 5.91 Å². The first-order chi connectivity index (χ1) is 9.76. The highest BCUT2D eigenvalue weighted by Gasteiger charge is 2.07. The number of thiophene rings is 1. The van der Waals surface area contributed by atoms with E-state index in [1.54, 1.807) is 35.5 Å². The number of fused-ring (bicyclic) bond motifs is 1. The van der Waals surface area contributed by atoms with Crippen molar-refractivity contribution >= 4 is 39.0 Å². The summed E-state index contributed by atoms with van der Waals surface area (Å²) in [5, 5.41) is 12.8. The molecule has 3 heterocycles. The van der Waals surface area contributed by atoms with Gasteiger partial charge in [-0.2, -0.15) is 5.10 Å². The molecule has 0 fully saturated rings. The minimum atomic E-state index is -0.0955. The third-order valence-electron chi connectivity index (χ3n) is 2.74. The van der Waals surface area contributed by atoms with Gasteiger partial charge >= 0.3 is 0 Å². The molecule has 0 aliphatic heterocycles. The first-order valence-corrected chi connectivity index (χ1v) is 6.82. The second-order valence-electron chi connectivity index (χ2n) is 4.09. The summed E-state index contributed by atoms with van der Waals surface area (Å²) in [6, 6.07) is 1.97. The molecule has 0 aromatic carbocycles. The molecule has 0 radical (unpaired) electrons. The van der Waals surface area contributed by atoms with Gasteiger partial charge in [-0.3, -0.25) is 9.48 Å². The van der Waals surface area contributed by atoms with Crippen LogP contribution in [0.1, 0.15) is 0 Å². The molecule has 0 saturated heterocycles. The fourth-order valence-electron chi connectivity index (χ4n) is 1.77. The smallest absolute Gasteiger partial charge is 0.241 e. The van der Waals surface area contributed by atoms with Crippen molar-refractivity contribution in [2.24, 2.45) is 0 Å². The Morgan fingerprint density at radius 1 is 1.45 bits per heavy atom. The molecular weight excluding hydrogens is 276 g/mol. The van der Waals surface area contributed by atoms with Crippen molar-refractivity contribution in [3.8, 4) is 0 Å². The van der Waals surface area contributed by atoms with E-state index in [1.165, 1.54) is 6.33 Å². The molecule has 0 spiro atoms. The molecule has 0 atom stereocenters. The van der Waals surface area contributed by atoms with E-state index in [4.69, 9.17) is 0 Å². The Bertz CT molecular complexity index is 749. The van der Waals surface area contributed by atoms with Crippen LogP contribution >= 0.6 is 11.3 Å². The predicted octanol–water partition coefficient (Wildman–Crippen LogP) is 1.38. The van der Waals surface area contributed by atoms with Crippen molar-refractivity contribution in [2.45, 2.75) is 6.54 Å². The van der Waals surface area contributed by atoms with Crippen LogP contribution in [0.4, 0.5) is 11.5 Å². The molecular formula is C12H12N6OS. The molecule has 102 valence electrons. The summed E-state index contributed by atoms with van der Waals surface area (Å²) in [5.74, 6) is 0.637. The maximum absolute atomic E-state index is 11.3. The van der Waals surface area contributed by atoms with E-state index in [9.17, 15) is 4.79 Å². The summed E-state index contributed by atoms with van der Waals surface area (Å²) in [6.45, 7) is 0.190. The summed E-state index contributed by atoms with van der Waals surface area (Å²) in [4.78, 5) is 20.6. The molecule has 2 N–H and O–H groups in total. The third kappa shape index (κ3) is 2.45. The second-order valence-corrected chi connectivity index (χ2v) is 4.98. The van der Waals surface area contributed by atoms with Crippen molar-refractivity contribution in [2.75, 3.05) is 12.4 Å². The van der Waals surface area contributed by atoms with Crippen LogP contribution in [-0.2, 0) is 11.3 Å². The van der Waals surface area contributed by atoms with Gasteiger partial charge < -0.3 is 10.6 Å². The number of anilines is 2. The normalized spacial score (nSPS) is 10.7. The number of aromatic nitrogens is 4. The molecule has 0 unspecified atom stereocenters. The van der Waals surface area contributed by atoms with Crippen LogP contribution in [0.25, 0.3) is 10.2 Å². The van der Waals surface area contributed by atoms with Crippen LogP contribution in [0.15, 0.2) is 30.2 Å². The van der Waals surface area contributed by atoms with E-state index in [0.717, 1.165) is 21.7 Å². The zero-order chi connectivity index (χ0) is 13.9. The Hall–Kier alpha value is -2.48. The Labute approximate surface area is 118 Å². The SMILES string of the molecule is CNC(=O)Cn1cc(Nc2ncnc3sccc23)cn1. The number of carbonyl (C=O) groups excluding carboxylic acids is 1. The number of nitrogens with one attached hydrogen (secondary N) is 2. The molecule has 0 aliphatic rings. The van der Waals surface area contributed by atoms with Gasteiger partial charge in [0.15, 0.2) is 0 Å². The highest BCUT2D eigenvalue weighted by atomic mass is 32.1. The lowest BCUT2D eigenvalue weighted by Gasteiger charge is -2.03. The van der Waals surface area contributed by atoms with Crippen molar-refractivity contribution < 1.29 is 4.79 Å². The molecule has 3 rings (SSSR count). The van der Waals surface area contributed by atoms with Crippen LogP contribution in [0.3, 0.4) is 0 Å². The number of hydrogen-bond acceptors (Lipinski definition) is 6. The van der Waals surface area contributed by atoms with Gasteiger partial charge in [-0.05, 0) is 11.4 Å². The predicted molar refractivity (Wildman–Crippen MR) is 77.0 cm³/mol. The van der Waals surface area contributed by atoms with E-state index in [2.05, 4.69) is 25.7 Å². The maximum atomic E-state index is 11.3. The van der Waals surface area contributed by atoms with Gasteiger partial charge in [-0.25, -0.2) is 9.97 Å². The summed E-state index contributed by atoms with van der Waals surface area (Å²) >= 11 is 1.56. The Morgan fingerprint density at radius 3 is 3.20 bits per heavy atom. The van der Waals surface area contributed by atoms with Crippen molar-refractivity contribution in [1.29, 1.82) is 0 Å². The van der Waals surface area contributed by atoms with E-state index in [0.29, 0.717) is 0 Å². The molecule has 3 aromatic heterocycles. The van der Waals surface area contributed by atoms with Gasteiger partial charge in [-0.1, -0.05) is 0 Å². The van der Waals surface area contributed by atoms with Gasteiger partial charge in [-0.15, -0.1) is 11.3 Å². The monoisotopic (exact) mass is 288 g/mol. The zero-order valence-corrected chi connectivity index (χ0v) is 11.5. The number of amides is 1. The summed E-state index contributed by atoms with van der Waals surface area (Å²) in [6.07, 6.45) is 4.94. The summed E-state index contributed by atoms with van der Waals surface area (Å²) in [7, 11) is 1.60. The fourth-order valence-corrected chi connectivity index (χ4v) is 2.50. The topological polar surface area (TPSA) is 84.7 Å². The lowest BCUT2D eigenvalue weighted by atomic mass is 10.4. The zero-order valence-electron chi connectivity index (χ0n) is 10.7. The highest BCUT2D eigenvalue weighted by Crippen LogP contribution is 2.25. The summed E-state index contributed by atoms with van der Waals surface area (Å²) < 4.78 is 1.56. The van der Waals surface area contributed by atoms with E-state index < -0.39 is 0 Å².